The summed E-state index contributed by atoms with van der Waals surface area (Å²) in [6.07, 6.45) is 1.09. The van der Waals surface area contributed by atoms with E-state index in [1.165, 1.54) is 7.11 Å². The summed E-state index contributed by atoms with van der Waals surface area (Å²) in [6, 6.07) is 9.42. The molecular formula is C16H22N2O2S. The molecule has 0 aromatic heterocycles. The SMILES string of the molecule is COC(=O)C(NC1=NC(C(C)C)CCS1)c1ccccc1. The average Bonchev–Trinajstić information content (AvgIpc) is 2.53. The van der Waals surface area contributed by atoms with Crippen molar-refractivity contribution in [2.45, 2.75) is 32.4 Å². The van der Waals surface area contributed by atoms with E-state index in [-0.39, 0.29) is 5.97 Å². The fourth-order valence-corrected chi connectivity index (χ4v) is 3.22. The van der Waals surface area contributed by atoms with Crippen LogP contribution in [0.3, 0.4) is 0 Å². The number of carbonyl (C=O) groups is 1. The lowest BCUT2D eigenvalue weighted by molar-refractivity contribution is -0.142. The van der Waals surface area contributed by atoms with Gasteiger partial charge >= 0.3 is 5.97 Å². The number of hydrogen-bond donors (Lipinski definition) is 1. The van der Waals surface area contributed by atoms with E-state index in [2.05, 4.69) is 19.2 Å². The number of amidine groups is 1. The maximum absolute atomic E-state index is 12.1. The minimum Gasteiger partial charge on any atom is -0.467 e. The summed E-state index contributed by atoms with van der Waals surface area (Å²) in [6.45, 7) is 4.35. The molecule has 4 nitrogen and oxygen atoms in total. The Morgan fingerprint density at radius 3 is 2.71 bits per heavy atom. The quantitative estimate of drug-likeness (QED) is 0.869. The first-order chi connectivity index (χ1) is 10.1. The third-order valence-electron chi connectivity index (χ3n) is 3.54. The molecule has 0 amide bonds. The molecule has 0 radical (unpaired) electrons. The Kier molecular flexibility index (Phi) is 5.67. The molecule has 0 aliphatic carbocycles. The molecule has 1 N–H and O–H groups in total. The number of nitrogens with zero attached hydrogens (tertiary/aromatic N) is 1. The van der Waals surface area contributed by atoms with Crippen molar-refractivity contribution in [1.82, 2.24) is 5.32 Å². The largest absolute Gasteiger partial charge is 0.467 e. The Bertz CT molecular complexity index is 502. The number of ether oxygens (including phenoxy) is 1. The third kappa shape index (κ3) is 4.24. The van der Waals surface area contributed by atoms with E-state index in [4.69, 9.17) is 9.73 Å². The molecular weight excluding hydrogens is 284 g/mol. The first-order valence-electron chi connectivity index (χ1n) is 7.21. The van der Waals surface area contributed by atoms with Crippen molar-refractivity contribution in [2.75, 3.05) is 12.9 Å². The molecule has 5 heteroatoms. The van der Waals surface area contributed by atoms with Gasteiger partial charge in [0, 0.05) is 5.75 Å². The van der Waals surface area contributed by atoms with Gasteiger partial charge in [-0.2, -0.15) is 0 Å². The van der Waals surface area contributed by atoms with Crippen molar-refractivity contribution in [3.05, 3.63) is 35.9 Å². The van der Waals surface area contributed by atoms with Crippen molar-refractivity contribution >= 4 is 22.9 Å². The fourth-order valence-electron chi connectivity index (χ4n) is 2.26. The van der Waals surface area contributed by atoms with Crippen LogP contribution in [0.15, 0.2) is 35.3 Å². The Hall–Kier alpha value is -1.49. The Morgan fingerprint density at radius 1 is 1.38 bits per heavy atom. The van der Waals surface area contributed by atoms with Crippen molar-refractivity contribution < 1.29 is 9.53 Å². The molecule has 1 aromatic carbocycles. The summed E-state index contributed by atoms with van der Waals surface area (Å²) in [7, 11) is 1.41. The van der Waals surface area contributed by atoms with Crippen LogP contribution in [0, 0.1) is 5.92 Å². The van der Waals surface area contributed by atoms with Crippen LogP contribution in [-0.2, 0) is 9.53 Å². The van der Waals surface area contributed by atoms with Gasteiger partial charge in [0.15, 0.2) is 11.2 Å². The van der Waals surface area contributed by atoms with E-state index >= 15 is 0 Å². The highest BCUT2D eigenvalue weighted by atomic mass is 32.2. The van der Waals surface area contributed by atoms with Gasteiger partial charge < -0.3 is 10.1 Å². The minimum absolute atomic E-state index is 0.295. The van der Waals surface area contributed by atoms with E-state index in [0.29, 0.717) is 12.0 Å². The summed E-state index contributed by atoms with van der Waals surface area (Å²) < 4.78 is 4.92. The van der Waals surface area contributed by atoms with E-state index in [1.807, 2.05) is 30.3 Å². The van der Waals surface area contributed by atoms with Crippen LogP contribution in [-0.4, -0.2) is 30.0 Å². The number of rotatable bonds is 4. The summed E-state index contributed by atoms with van der Waals surface area (Å²) in [5.41, 5.74) is 0.888. The predicted octanol–water partition coefficient (Wildman–Crippen LogP) is 3.01. The van der Waals surface area contributed by atoms with Gasteiger partial charge in [0.25, 0.3) is 0 Å². The first-order valence-corrected chi connectivity index (χ1v) is 8.20. The predicted molar refractivity (Wildman–Crippen MR) is 87.5 cm³/mol. The van der Waals surface area contributed by atoms with E-state index in [0.717, 1.165) is 22.9 Å². The van der Waals surface area contributed by atoms with E-state index < -0.39 is 6.04 Å². The van der Waals surface area contributed by atoms with Crippen LogP contribution in [0.5, 0.6) is 0 Å². The van der Waals surface area contributed by atoms with Crippen LogP contribution in [0.4, 0.5) is 0 Å². The zero-order valence-electron chi connectivity index (χ0n) is 12.7. The van der Waals surface area contributed by atoms with Gasteiger partial charge in [0.2, 0.25) is 0 Å². The zero-order chi connectivity index (χ0) is 15.2. The summed E-state index contributed by atoms with van der Waals surface area (Å²) >= 11 is 1.67. The van der Waals surface area contributed by atoms with Gasteiger partial charge in [-0.05, 0) is 17.9 Å². The summed E-state index contributed by atoms with van der Waals surface area (Å²) in [4.78, 5) is 16.8. The molecule has 1 aliphatic heterocycles. The third-order valence-corrected chi connectivity index (χ3v) is 4.48. The maximum Gasteiger partial charge on any atom is 0.333 e. The topological polar surface area (TPSA) is 50.7 Å². The molecule has 1 heterocycles. The number of aliphatic imine (C=N–C) groups is 1. The average molecular weight is 306 g/mol. The lowest BCUT2D eigenvalue weighted by Gasteiger charge is -2.26. The monoisotopic (exact) mass is 306 g/mol. The van der Waals surface area contributed by atoms with Crippen molar-refractivity contribution in [2.24, 2.45) is 10.9 Å². The Morgan fingerprint density at radius 2 is 2.10 bits per heavy atom. The Labute approximate surface area is 130 Å². The smallest absolute Gasteiger partial charge is 0.333 e. The molecule has 0 saturated heterocycles. The van der Waals surface area contributed by atoms with E-state index in [9.17, 15) is 4.79 Å². The fraction of sp³-hybridized carbons (Fsp3) is 0.500. The normalized spacial score (nSPS) is 19.8. The molecule has 0 saturated carbocycles. The highest BCUT2D eigenvalue weighted by Crippen LogP contribution is 2.24. The first kappa shape index (κ1) is 15.9. The molecule has 2 rings (SSSR count). The summed E-state index contributed by atoms with van der Waals surface area (Å²) in [5, 5.41) is 4.08. The van der Waals surface area contributed by atoms with Gasteiger partial charge in [0.05, 0.1) is 13.2 Å². The van der Waals surface area contributed by atoms with Crippen molar-refractivity contribution in [3.8, 4) is 0 Å². The van der Waals surface area contributed by atoms with Crippen molar-refractivity contribution in [1.29, 1.82) is 0 Å². The number of hydrogen-bond acceptors (Lipinski definition) is 5. The molecule has 114 valence electrons. The molecule has 0 fully saturated rings. The van der Waals surface area contributed by atoms with Gasteiger partial charge in [0.1, 0.15) is 0 Å². The number of thioether (sulfide) groups is 1. The van der Waals surface area contributed by atoms with Crippen LogP contribution in [0.2, 0.25) is 0 Å². The van der Waals surface area contributed by atoms with Crippen molar-refractivity contribution in [3.63, 3.8) is 0 Å². The van der Waals surface area contributed by atoms with Gasteiger partial charge in [-0.3, -0.25) is 4.99 Å². The highest BCUT2D eigenvalue weighted by Gasteiger charge is 2.25. The summed E-state index contributed by atoms with van der Waals surface area (Å²) in [5.74, 6) is 1.24. The Balaban J connectivity index is 2.18. The second-order valence-corrected chi connectivity index (χ2v) is 6.48. The molecule has 0 spiro atoms. The van der Waals surface area contributed by atoms with Gasteiger partial charge in [-0.15, -0.1) is 0 Å². The van der Waals surface area contributed by atoms with Crippen LogP contribution in [0.1, 0.15) is 31.9 Å². The number of methoxy groups -OCH3 is 1. The number of esters is 1. The molecule has 2 unspecified atom stereocenters. The second-order valence-electron chi connectivity index (χ2n) is 5.39. The van der Waals surface area contributed by atoms with Gasteiger partial charge in [-0.1, -0.05) is 55.9 Å². The number of benzene rings is 1. The van der Waals surface area contributed by atoms with Crippen LogP contribution in [0.25, 0.3) is 0 Å². The maximum atomic E-state index is 12.1. The molecule has 2 atom stereocenters. The van der Waals surface area contributed by atoms with E-state index in [1.54, 1.807) is 11.8 Å². The lowest BCUT2D eigenvalue weighted by Crippen LogP contribution is -2.36. The number of nitrogens with one attached hydrogen (secondary N) is 1. The van der Waals surface area contributed by atoms with Gasteiger partial charge in [-0.25, -0.2) is 4.79 Å². The molecule has 1 aromatic rings. The zero-order valence-corrected chi connectivity index (χ0v) is 13.5. The van der Waals surface area contributed by atoms with Crippen LogP contribution < -0.4 is 5.32 Å². The molecule has 0 bridgehead atoms. The molecule has 21 heavy (non-hydrogen) atoms. The standard InChI is InChI=1S/C16H22N2O2S/c1-11(2)13-9-10-21-16(17-13)18-14(15(19)20-3)12-7-5-4-6-8-12/h4-8,11,13-14H,9-10H2,1-3H3,(H,17,18). The highest BCUT2D eigenvalue weighted by molar-refractivity contribution is 8.13. The molecule has 1 aliphatic rings. The number of carbonyl (C=O) groups excluding carboxylic acids is 1. The second kappa shape index (κ2) is 7.50. The minimum atomic E-state index is -0.506. The lowest BCUT2D eigenvalue weighted by atomic mass is 10.0. The van der Waals surface area contributed by atoms with Crippen LogP contribution >= 0.6 is 11.8 Å².